The van der Waals surface area contributed by atoms with Gasteiger partial charge in [0.05, 0.1) is 18.2 Å². The third-order valence-corrected chi connectivity index (χ3v) is 2.58. The molecule has 1 aromatic carbocycles. The van der Waals surface area contributed by atoms with E-state index in [1.165, 1.54) is 12.1 Å². The van der Waals surface area contributed by atoms with Gasteiger partial charge >= 0.3 is 6.18 Å². The normalized spacial score (nSPS) is 13.6. The highest BCUT2D eigenvalue weighted by molar-refractivity contribution is 5.32. The van der Waals surface area contributed by atoms with E-state index in [-0.39, 0.29) is 12.2 Å². The lowest BCUT2D eigenvalue weighted by molar-refractivity contribution is -0.138. The molecular weight excluding hydrogens is 243 g/mol. The molecule has 0 heterocycles. The molecule has 2 nitrogen and oxygen atoms in total. The van der Waals surface area contributed by atoms with E-state index in [1.807, 2.05) is 13.8 Å². The molecule has 1 aromatic rings. The molecule has 0 aliphatic rings. The van der Waals surface area contributed by atoms with Crippen LogP contribution in [0.5, 0.6) is 0 Å². The summed E-state index contributed by atoms with van der Waals surface area (Å²) in [7, 11) is 0. The van der Waals surface area contributed by atoms with Gasteiger partial charge in [-0.1, -0.05) is 25.1 Å². The molecule has 0 spiro atoms. The highest BCUT2D eigenvalue weighted by atomic mass is 19.4. The molecule has 0 aliphatic carbocycles. The maximum atomic E-state index is 12.9. The van der Waals surface area contributed by atoms with Crippen LogP contribution in [0, 0.1) is 0 Å². The molecule has 0 fully saturated rings. The number of alkyl halides is 3. The zero-order valence-electron chi connectivity index (χ0n) is 10.6. The highest BCUT2D eigenvalue weighted by Gasteiger charge is 2.34. The van der Waals surface area contributed by atoms with Crippen molar-refractivity contribution in [3.63, 3.8) is 0 Å². The minimum Gasteiger partial charge on any atom is -0.380 e. The summed E-state index contributed by atoms with van der Waals surface area (Å²) in [6.07, 6.45) is -4.34. The molecule has 0 saturated carbocycles. The Bertz CT molecular complexity index is 365. The molecule has 1 N–H and O–H groups in total. The third kappa shape index (κ3) is 3.99. The second kappa shape index (κ2) is 6.75. The quantitative estimate of drug-likeness (QED) is 0.847. The van der Waals surface area contributed by atoms with Crippen LogP contribution in [0.4, 0.5) is 13.2 Å². The summed E-state index contributed by atoms with van der Waals surface area (Å²) < 4.78 is 43.9. The fraction of sp³-hybridized carbons (Fsp3) is 0.538. The van der Waals surface area contributed by atoms with E-state index in [2.05, 4.69) is 5.32 Å². The van der Waals surface area contributed by atoms with E-state index in [0.717, 1.165) is 6.07 Å². The molecule has 1 rings (SSSR count). The Hall–Kier alpha value is -1.07. The summed E-state index contributed by atoms with van der Waals surface area (Å²) in [6.45, 7) is 4.98. The van der Waals surface area contributed by atoms with E-state index in [4.69, 9.17) is 4.74 Å². The van der Waals surface area contributed by atoms with Crippen LogP contribution in [-0.4, -0.2) is 19.8 Å². The Morgan fingerprint density at radius 3 is 2.44 bits per heavy atom. The first-order chi connectivity index (χ1) is 8.50. The van der Waals surface area contributed by atoms with Gasteiger partial charge in [-0.05, 0) is 25.1 Å². The van der Waals surface area contributed by atoms with Crippen LogP contribution in [0.25, 0.3) is 0 Å². The number of hydrogen-bond donors (Lipinski definition) is 1. The van der Waals surface area contributed by atoms with Crippen molar-refractivity contribution in [3.8, 4) is 0 Å². The summed E-state index contributed by atoms with van der Waals surface area (Å²) in [5.41, 5.74) is -0.365. The summed E-state index contributed by atoms with van der Waals surface area (Å²) >= 11 is 0. The second-order valence-electron chi connectivity index (χ2n) is 3.85. The number of halogens is 3. The molecule has 102 valence electrons. The molecular formula is C13H18F3NO. The largest absolute Gasteiger partial charge is 0.416 e. The van der Waals surface area contributed by atoms with Crippen molar-refractivity contribution in [1.82, 2.24) is 5.32 Å². The Morgan fingerprint density at radius 2 is 1.89 bits per heavy atom. The van der Waals surface area contributed by atoms with Crippen LogP contribution in [0.1, 0.15) is 31.0 Å². The van der Waals surface area contributed by atoms with Gasteiger partial charge < -0.3 is 10.1 Å². The lowest BCUT2D eigenvalue weighted by Crippen LogP contribution is -2.27. The summed E-state index contributed by atoms with van der Waals surface area (Å²) in [5, 5.41) is 3.02. The molecule has 0 bridgehead atoms. The van der Waals surface area contributed by atoms with E-state index in [9.17, 15) is 13.2 Å². The van der Waals surface area contributed by atoms with Crippen LogP contribution >= 0.6 is 0 Å². The number of ether oxygens (including phenoxy) is 1. The Morgan fingerprint density at radius 1 is 1.22 bits per heavy atom. The minimum absolute atomic E-state index is 0.234. The van der Waals surface area contributed by atoms with Gasteiger partial charge in [0, 0.05) is 6.61 Å². The van der Waals surface area contributed by atoms with Crippen molar-refractivity contribution < 1.29 is 17.9 Å². The fourth-order valence-corrected chi connectivity index (χ4v) is 1.80. The van der Waals surface area contributed by atoms with E-state index >= 15 is 0 Å². The molecule has 0 aliphatic heterocycles. The van der Waals surface area contributed by atoms with Crippen molar-refractivity contribution in [1.29, 1.82) is 0 Å². The Kier molecular flexibility index (Phi) is 5.62. The van der Waals surface area contributed by atoms with Gasteiger partial charge in [0.25, 0.3) is 0 Å². The molecule has 0 amide bonds. The molecule has 1 unspecified atom stereocenters. The van der Waals surface area contributed by atoms with Crippen LogP contribution < -0.4 is 5.32 Å². The Labute approximate surface area is 105 Å². The van der Waals surface area contributed by atoms with Gasteiger partial charge in [0.1, 0.15) is 0 Å². The summed E-state index contributed by atoms with van der Waals surface area (Å²) in [5.74, 6) is 0. The van der Waals surface area contributed by atoms with Crippen LogP contribution in [0.15, 0.2) is 24.3 Å². The third-order valence-electron chi connectivity index (χ3n) is 2.58. The number of rotatable bonds is 6. The predicted molar refractivity (Wildman–Crippen MR) is 64.4 cm³/mol. The molecule has 0 radical (unpaired) electrons. The van der Waals surface area contributed by atoms with E-state index in [0.29, 0.717) is 13.2 Å². The number of nitrogens with one attached hydrogen (secondary N) is 1. The van der Waals surface area contributed by atoms with Crippen molar-refractivity contribution >= 4 is 0 Å². The lowest BCUT2D eigenvalue weighted by atomic mass is 10.0. The summed E-state index contributed by atoms with van der Waals surface area (Å²) in [4.78, 5) is 0. The number of likely N-dealkylation sites (N-methyl/N-ethyl adjacent to an activating group) is 1. The highest BCUT2D eigenvalue weighted by Crippen LogP contribution is 2.34. The first kappa shape index (κ1) is 15.0. The van der Waals surface area contributed by atoms with Crippen LogP contribution in [0.2, 0.25) is 0 Å². The number of hydrogen-bond acceptors (Lipinski definition) is 2. The van der Waals surface area contributed by atoms with E-state index < -0.39 is 17.8 Å². The standard InChI is InChI=1S/C13H18F3NO/c1-3-17-12(9-18-4-2)10-7-5-6-8-11(10)13(14,15)16/h5-8,12,17H,3-4,9H2,1-2H3. The van der Waals surface area contributed by atoms with Gasteiger partial charge in [-0.3, -0.25) is 0 Å². The average molecular weight is 261 g/mol. The topological polar surface area (TPSA) is 21.3 Å². The first-order valence-electron chi connectivity index (χ1n) is 5.98. The van der Waals surface area contributed by atoms with Crippen molar-refractivity contribution in [2.75, 3.05) is 19.8 Å². The predicted octanol–water partition coefficient (Wildman–Crippen LogP) is 3.39. The van der Waals surface area contributed by atoms with Crippen LogP contribution in [-0.2, 0) is 10.9 Å². The second-order valence-corrected chi connectivity index (χ2v) is 3.85. The smallest absolute Gasteiger partial charge is 0.380 e. The van der Waals surface area contributed by atoms with Crippen LogP contribution in [0.3, 0.4) is 0 Å². The zero-order chi connectivity index (χ0) is 13.6. The minimum atomic E-state index is -4.34. The van der Waals surface area contributed by atoms with E-state index in [1.54, 1.807) is 6.07 Å². The summed E-state index contributed by atoms with van der Waals surface area (Å²) in [6, 6.07) is 5.17. The molecule has 0 saturated heterocycles. The SMILES string of the molecule is CCNC(COCC)c1ccccc1C(F)(F)F. The lowest BCUT2D eigenvalue weighted by Gasteiger charge is -2.22. The van der Waals surface area contributed by atoms with Gasteiger partial charge in [0.2, 0.25) is 0 Å². The average Bonchev–Trinajstić information content (AvgIpc) is 2.33. The maximum Gasteiger partial charge on any atom is 0.416 e. The zero-order valence-corrected chi connectivity index (χ0v) is 10.6. The van der Waals surface area contributed by atoms with Gasteiger partial charge in [0.15, 0.2) is 0 Å². The molecule has 18 heavy (non-hydrogen) atoms. The van der Waals surface area contributed by atoms with Gasteiger partial charge in [-0.25, -0.2) is 0 Å². The maximum absolute atomic E-state index is 12.9. The molecule has 1 atom stereocenters. The fourth-order valence-electron chi connectivity index (χ4n) is 1.80. The Balaban J connectivity index is 3.03. The number of benzene rings is 1. The van der Waals surface area contributed by atoms with Crippen molar-refractivity contribution in [2.45, 2.75) is 26.1 Å². The monoisotopic (exact) mass is 261 g/mol. The van der Waals surface area contributed by atoms with Crippen molar-refractivity contribution in [3.05, 3.63) is 35.4 Å². The first-order valence-corrected chi connectivity index (χ1v) is 5.98. The van der Waals surface area contributed by atoms with Gasteiger partial charge in [-0.15, -0.1) is 0 Å². The molecule has 5 heteroatoms. The van der Waals surface area contributed by atoms with Gasteiger partial charge in [-0.2, -0.15) is 13.2 Å². The van der Waals surface area contributed by atoms with Crippen molar-refractivity contribution in [2.24, 2.45) is 0 Å². The molecule has 0 aromatic heterocycles.